The summed E-state index contributed by atoms with van der Waals surface area (Å²) in [5.74, 6) is 5.45. The van der Waals surface area contributed by atoms with E-state index < -0.39 is 0 Å². The summed E-state index contributed by atoms with van der Waals surface area (Å²) in [5.41, 5.74) is 2.53. The molecule has 3 rings (SSSR count). The summed E-state index contributed by atoms with van der Waals surface area (Å²) in [6.07, 6.45) is 0. The summed E-state index contributed by atoms with van der Waals surface area (Å²) in [6, 6.07) is 2.46. The molecule has 0 bridgehead atoms. The van der Waals surface area contributed by atoms with Crippen molar-refractivity contribution in [3.05, 3.63) is 22.9 Å². The van der Waals surface area contributed by atoms with Crippen LogP contribution in [0.25, 0.3) is 0 Å². The van der Waals surface area contributed by atoms with Gasteiger partial charge in [0.2, 0.25) is 5.88 Å². The molecule has 0 spiro atoms. The quantitative estimate of drug-likeness (QED) is 0.874. The lowest BCUT2D eigenvalue weighted by atomic mass is 10.1. The molecule has 1 amide bonds. The molecule has 23 heavy (non-hydrogen) atoms. The molecule has 0 radical (unpaired) electrons. The number of fused-ring (bicyclic) bond motifs is 1. The minimum Gasteiger partial charge on any atom is -0.481 e. The summed E-state index contributed by atoms with van der Waals surface area (Å²) in [5, 5.41) is 3.60. The van der Waals surface area contributed by atoms with Crippen LogP contribution in [0.3, 0.4) is 0 Å². The number of pyridine rings is 1. The number of hydrogen-bond acceptors (Lipinski definition) is 6. The van der Waals surface area contributed by atoms with Gasteiger partial charge in [-0.3, -0.25) is 4.79 Å². The summed E-state index contributed by atoms with van der Waals surface area (Å²) < 4.78 is 5.45. The molecule has 1 aromatic heterocycles. The van der Waals surface area contributed by atoms with Gasteiger partial charge in [-0.1, -0.05) is 0 Å². The molecule has 3 heterocycles. The Morgan fingerprint density at radius 1 is 1.39 bits per heavy atom. The van der Waals surface area contributed by atoms with Crippen LogP contribution < -0.4 is 10.1 Å². The Balaban J connectivity index is 1.74. The van der Waals surface area contributed by atoms with E-state index >= 15 is 0 Å². The van der Waals surface area contributed by atoms with Gasteiger partial charge in [0.05, 0.1) is 24.9 Å². The average Bonchev–Trinajstić information content (AvgIpc) is 2.75. The highest BCUT2D eigenvalue weighted by atomic mass is 32.2. The van der Waals surface area contributed by atoms with E-state index in [2.05, 4.69) is 10.3 Å². The molecule has 0 aromatic carbocycles. The number of methoxy groups -OCH3 is 1. The van der Waals surface area contributed by atoms with E-state index in [9.17, 15) is 4.79 Å². The zero-order valence-corrected chi connectivity index (χ0v) is 15.3. The van der Waals surface area contributed by atoms with Gasteiger partial charge in [0.25, 0.3) is 5.91 Å². The number of ether oxygens (including phenoxy) is 1. The summed E-state index contributed by atoms with van der Waals surface area (Å²) in [4.78, 5) is 18.7. The maximum atomic E-state index is 12.3. The third-order valence-electron chi connectivity index (χ3n) is 4.17. The molecule has 126 valence electrons. The molecular formula is C16H23N3O2S2. The first kappa shape index (κ1) is 16.9. The molecular weight excluding hydrogens is 330 g/mol. The summed E-state index contributed by atoms with van der Waals surface area (Å²) in [7, 11) is 1.64. The Morgan fingerprint density at radius 3 is 2.78 bits per heavy atom. The van der Waals surface area contributed by atoms with E-state index in [0.717, 1.165) is 28.3 Å². The van der Waals surface area contributed by atoms with E-state index in [-0.39, 0.29) is 5.91 Å². The Morgan fingerprint density at radius 2 is 2.13 bits per heavy atom. The maximum absolute atomic E-state index is 12.3. The maximum Gasteiger partial charge on any atom is 0.256 e. The number of carbonyl (C=O) groups excluding carboxylic acids is 1. The first-order chi connectivity index (χ1) is 11.2. The van der Waals surface area contributed by atoms with Crippen LogP contribution in [-0.2, 0) is 13.1 Å². The Labute approximate surface area is 145 Å². The fourth-order valence-corrected chi connectivity index (χ4v) is 5.32. The lowest BCUT2D eigenvalue weighted by Crippen LogP contribution is -2.33. The highest BCUT2D eigenvalue weighted by molar-refractivity contribution is 8.03. The van der Waals surface area contributed by atoms with Gasteiger partial charge in [0.15, 0.2) is 0 Å². The van der Waals surface area contributed by atoms with Crippen molar-refractivity contribution in [3.8, 4) is 5.88 Å². The molecule has 5 nitrogen and oxygen atoms in total. The van der Waals surface area contributed by atoms with E-state index in [1.165, 1.54) is 11.5 Å². The number of nitrogens with zero attached hydrogens (tertiary/aromatic N) is 2. The van der Waals surface area contributed by atoms with Crippen LogP contribution in [0.2, 0.25) is 0 Å². The molecule has 1 aromatic rings. The number of thioether (sulfide) groups is 2. The molecule has 0 saturated carbocycles. The first-order valence-corrected chi connectivity index (χ1v) is 10.3. The van der Waals surface area contributed by atoms with Crippen molar-refractivity contribution in [3.63, 3.8) is 0 Å². The fraction of sp³-hybridized carbons (Fsp3) is 0.625. The van der Waals surface area contributed by atoms with Crippen molar-refractivity contribution in [2.24, 2.45) is 0 Å². The van der Waals surface area contributed by atoms with Gasteiger partial charge in [-0.05, 0) is 13.0 Å². The van der Waals surface area contributed by atoms with Crippen LogP contribution in [-0.4, -0.2) is 58.5 Å². The molecule has 1 saturated heterocycles. The minimum absolute atomic E-state index is 0.0829. The van der Waals surface area contributed by atoms with Crippen molar-refractivity contribution >= 4 is 29.4 Å². The Kier molecular flexibility index (Phi) is 5.71. The number of nitrogens with one attached hydrogen (secondary N) is 1. The number of carbonyl (C=O) groups is 1. The predicted molar refractivity (Wildman–Crippen MR) is 96.5 cm³/mol. The van der Waals surface area contributed by atoms with Crippen molar-refractivity contribution in [2.45, 2.75) is 26.1 Å². The van der Waals surface area contributed by atoms with E-state index in [0.29, 0.717) is 31.6 Å². The minimum atomic E-state index is 0.0829. The zero-order chi connectivity index (χ0) is 16.2. The number of hydrogen-bond donors (Lipinski definition) is 1. The lowest BCUT2D eigenvalue weighted by molar-refractivity contribution is 0.0786. The van der Waals surface area contributed by atoms with Crippen LogP contribution in [0.4, 0.5) is 0 Å². The van der Waals surface area contributed by atoms with Crippen molar-refractivity contribution in [1.29, 1.82) is 0 Å². The molecule has 1 fully saturated rings. The lowest BCUT2D eigenvalue weighted by Gasteiger charge is -2.17. The zero-order valence-electron chi connectivity index (χ0n) is 13.6. The van der Waals surface area contributed by atoms with Gasteiger partial charge < -0.3 is 15.0 Å². The van der Waals surface area contributed by atoms with Gasteiger partial charge in [0, 0.05) is 47.7 Å². The second-order valence-electron chi connectivity index (χ2n) is 5.70. The van der Waals surface area contributed by atoms with E-state index in [1.807, 2.05) is 41.4 Å². The average molecular weight is 354 g/mol. The molecule has 0 atom stereocenters. The molecule has 2 aliphatic heterocycles. The number of amides is 1. The topological polar surface area (TPSA) is 54.5 Å². The first-order valence-electron chi connectivity index (χ1n) is 7.97. The number of aromatic nitrogens is 1. The normalized spacial score (nSPS) is 18.9. The molecule has 0 aliphatic carbocycles. The van der Waals surface area contributed by atoms with Crippen molar-refractivity contribution in [1.82, 2.24) is 15.2 Å². The van der Waals surface area contributed by atoms with Crippen LogP contribution in [0.5, 0.6) is 5.88 Å². The second kappa shape index (κ2) is 7.77. The van der Waals surface area contributed by atoms with Crippen LogP contribution in [0, 0.1) is 0 Å². The van der Waals surface area contributed by atoms with Crippen molar-refractivity contribution < 1.29 is 9.53 Å². The fourth-order valence-electron chi connectivity index (χ4n) is 2.85. The highest BCUT2D eigenvalue weighted by Gasteiger charge is 2.29. The standard InChI is InChI=1S/C16H23N3O2S2/c1-3-19-8-14-13(16(19)20)6-11(15(18-14)21-2)7-17-12-9-22-4-5-23-10-12/h6,12,17H,3-5,7-10H2,1-2H3. The summed E-state index contributed by atoms with van der Waals surface area (Å²) in [6.45, 7) is 3.98. The van der Waals surface area contributed by atoms with Crippen molar-refractivity contribution in [2.75, 3.05) is 36.7 Å². The van der Waals surface area contributed by atoms with Gasteiger partial charge in [-0.15, -0.1) is 0 Å². The largest absolute Gasteiger partial charge is 0.481 e. The van der Waals surface area contributed by atoms with Crippen LogP contribution in [0.1, 0.15) is 28.5 Å². The Hall–Kier alpha value is -0.920. The second-order valence-corrected chi connectivity index (χ2v) is 8.00. The monoisotopic (exact) mass is 353 g/mol. The SMILES string of the molecule is CCN1Cc2nc(OC)c(CNC3CSCCSC3)cc2C1=O. The van der Waals surface area contributed by atoms with E-state index in [4.69, 9.17) is 4.74 Å². The number of rotatable bonds is 5. The third kappa shape index (κ3) is 3.78. The molecule has 0 unspecified atom stereocenters. The van der Waals surface area contributed by atoms with Gasteiger partial charge in [0.1, 0.15) is 0 Å². The molecule has 2 aliphatic rings. The molecule has 1 N–H and O–H groups in total. The van der Waals surface area contributed by atoms with Gasteiger partial charge in [-0.25, -0.2) is 4.98 Å². The molecule has 7 heteroatoms. The smallest absolute Gasteiger partial charge is 0.256 e. The third-order valence-corrected chi connectivity index (χ3v) is 6.69. The van der Waals surface area contributed by atoms with Gasteiger partial charge >= 0.3 is 0 Å². The summed E-state index contributed by atoms with van der Waals surface area (Å²) >= 11 is 4.00. The Bertz CT molecular complexity index is 575. The van der Waals surface area contributed by atoms with Crippen LogP contribution in [0.15, 0.2) is 6.07 Å². The van der Waals surface area contributed by atoms with Crippen LogP contribution >= 0.6 is 23.5 Å². The van der Waals surface area contributed by atoms with Gasteiger partial charge in [-0.2, -0.15) is 23.5 Å². The predicted octanol–water partition coefficient (Wildman–Crippen LogP) is 2.00. The highest BCUT2D eigenvalue weighted by Crippen LogP contribution is 2.27. The van der Waals surface area contributed by atoms with E-state index in [1.54, 1.807) is 7.11 Å².